The van der Waals surface area contributed by atoms with Gasteiger partial charge in [-0.3, -0.25) is 0 Å². The second-order valence-electron chi connectivity index (χ2n) is 6.63. The van der Waals surface area contributed by atoms with Crippen LogP contribution < -0.4 is 5.32 Å². The molecule has 0 aromatic heterocycles. The fourth-order valence-corrected chi connectivity index (χ4v) is 4.14. The molecule has 2 fully saturated rings. The van der Waals surface area contributed by atoms with Crippen LogP contribution in [-0.4, -0.2) is 57.0 Å². The van der Waals surface area contributed by atoms with Gasteiger partial charge in [-0.15, -0.1) is 0 Å². The van der Waals surface area contributed by atoms with Gasteiger partial charge in [-0.1, -0.05) is 29.3 Å². The second kappa shape index (κ2) is 8.58. The molecule has 1 aromatic rings. The van der Waals surface area contributed by atoms with E-state index in [1.807, 2.05) is 17.0 Å². The Morgan fingerprint density at radius 3 is 2.64 bits per heavy atom. The van der Waals surface area contributed by atoms with Crippen molar-refractivity contribution in [3.05, 3.63) is 33.8 Å². The topological polar surface area (TPSA) is 50.8 Å². The highest BCUT2D eigenvalue weighted by Crippen LogP contribution is 2.39. The maximum atomic E-state index is 12.6. The summed E-state index contributed by atoms with van der Waals surface area (Å²) in [5, 5.41) is 4.38. The Balaban J connectivity index is 1.73. The number of halogens is 2. The summed E-state index contributed by atoms with van der Waals surface area (Å²) in [6, 6.07) is 5.56. The third kappa shape index (κ3) is 4.59. The van der Waals surface area contributed by atoms with Crippen LogP contribution in [0.25, 0.3) is 0 Å². The Bertz CT molecular complexity index is 598. The first kappa shape index (κ1) is 18.8. The molecule has 138 valence electrons. The maximum absolute atomic E-state index is 12.6. The van der Waals surface area contributed by atoms with Crippen molar-refractivity contribution in [2.45, 2.75) is 24.7 Å². The third-order valence-corrected chi connectivity index (χ3v) is 5.59. The van der Waals surface area contributed by atoms with Crippen LogP contribution in [-0.2, 0) is 14.9 Å². The van der Waals surface area contributed by atoms with E-state index in [1.54, 1.807) is 6.07 Å². The van der Waals surface area contributed by atoms with Gasteiger partial charge in [0.1, 0.15) is 0 Å². The van der Waals surface area contributed by atoms with Gasteiger partial charge >= 0.3 is 6.03 Å². The van der Waals surface area contributed by atoms with Gasteiger partial charge in [-0.25, -0.2) is 4.79 Å². The molecule has 2 amide bonds. The standard InChI is InChI=1S/C18H24Cl2N2O3/c19-14-2-3-15(16(20)12-14)18(4-9-25-10-5-18)13-21-17(23)22-6-1-8-24-11-7-22/h2-3,12H,1,4-11,13H2,(H,21,23). The lowest BCUT2D eigenvalue weighted by Crippen LogP contribution is -2.49. The molecule has 3 rings (SSSR count). The van der Waals surface area contributed by atoms with E-state index >= 15 is 0 Å². The van der Waals surface area contributed by atoms with Crippen LogP contribution in [0.3, 0.4) is 0 Å². The highest BCUT2D eigenvalue weighted by molar-refractivity contribution is 6.35. The van der Waals surface area contributed by atoms with E-state index in [2.05, 4.69) is 5.32 Å². The van der Waals surface area contributed by atoms with Crippen molar-refractivity contribution in [3.63, 3.8) is 0 Å². The minimum atomic E-state index is -0.224. The minimum Gasteiger partial charge on any atom is -0.381 e. The van der Waals surface area contributed by atoms with Gasteiger partial charge in [0.15, 0.2) is 0 Å². The molecule has 0 unspecified atom stereocenters. The number of carbonyl (C=O) groups excluding carboxylic acids is 1. The van der Waals surface area contributed by atoms with Crippen LogP contribution in [0, 0.1) is 0 Å². The van der Waals surface area contributed by atoms with Crippen LogP contribution >= 0.6 is 23.2 Å². The normalized spacial score (nSPS) is 20.8. The maximum Gasteiger partial charge on any atom is 0.317 e. The number of rotatable bonds is 3. The number of hydrogen-bond acceptors (Lipinski definition) is 3. The predicted octanol–water partition coefficient (Wildman–Crippen LogP) is 3.47. The summed E-state index contributed by atoms with van der Waals surface area (Å²) in [7, 11) is 0. The smallest absolute Gasteiger partial charge is 0.317 e. The largest absolute Gasteiger partial charge is 0.381 e. The van der Waals surface area contributed by atoms with E-state index < -0.39 is 0 Å². The highest BCUT2D eigenvalue weighted by Gasteiger charge is 2.37. The second-order valence-corrected chi connectivity index (χ2v) is 7.47. The molecule has 25 heavy (non-hydrogen) atoms. The molecule has 0 aliphatic carbocycles. The molecular weight excluding hydrogens is 363 g/mol. The molecule has 7 heteroatoms. The van der Waals surface area contributed by atoms with Crippen molar-refractivity contribution >= 4 is 29.2 Å². The summed E-state index contributed by atoms with van der Waals surface area (Å²) in [4.78, 5) is 14.4. The molecule has 5 nitrogen and oxygen atoms in total. The zero-order valence-corrected chi connectivity index (χ0v) is 15.7. The Kier molecular flexibility index (Phi) is 6.44. The van der Waals surface area contributed by atoms with Crippen molar-refractivity contribution in [3.8, 4) is 0 Å². The molecule has 1 aromatic carbocycles. The summed E-state index contributed by atoms with van der Waals surface area (Å²) in [5.74, 6) is 0. The fourth-order valence-electron chi connectivity index (χ4n) is 3.53. The van der Waals surface area contributed by atoms with E-state index in [0.29, 0.717) is 49.6 Å². The monoisotopic (exact) mass is 386 g/mol. The lowest BCUT2D eigenvalue weighted by Gasteiger charge is -2.39. The number of hydrogen-bond donors (Lipinski definition) is 1. The van der Waals surface area contributed by atoms with Crippen LogP contribution in [0.1, 0.15) is 24.8 Å². The highest BCUT2D eigenvalue weighted by atomic mass is 35.5. The number of carbonyl (C=O) groups is 1. The molecule has 2 aliphatic heterocycles. The molecule has 0 saturated carbocycles. The van der Waals surface area contributed by atoms with Crippen LogP contribution in [0.4, 0.5) is 4.79 Å². The van der Waals surface area contributed by atoms with E-state index in [4.69, 9.17) is 32.7 Å². The minimum absolute atomic E-state index is 0.0403. The molecular formula is C18H24Cl2N2O3. The molecule has 2 aliphatic rings. The van der Waals surface area contributed by atoms with E-state index in [0.717, 1.165) is 31.4 Å². The first-order valence-electron chi connectivity index (χ1n) is 8.75. The number of amides is 2. The van der Waals surface area contributed by atoms with E-state index in [1.165, 1.54) is 0 Å². The molecule has 0 radical (unpaired) electrons. The number of urea groups is 1. The molecule has 2 saturated heterocycles. The van der Waals surface area contributed by atoms with E-state index in [9.17, 15) is 4.79 Å². The van der Waals surface area contributed by atoms with Gasteiger partial charge in [-0.2, -0.15) is 0 Å². The Labute approximate surface area is 158 Å². The van der Waals surface area contributed by atoms with Crippen LogP contribution in [0.2, 0.25) is 10.0 Å². The number of ether oxygens (including phenoxy) is 2. The van der Waals surface area contributed by atoms with E-state index in [-0.39, 0.29) is 11.4 Å². The summed E-state index contributed by atoms with van der Waals surface area (Å²) in [5.41, 5.74) is 0.805. The SMILES string of the molecule is O=C(NCC1(c2ccc(Cl)cc2Cl)CCOCC1)N1CCCOCC1. The molecule has 0 spiro atoms. The first-order chi connectivity index (χ1) is 12.1. The van der Waals surface area contributed by atoms with Gasteiger partial charge in [0.05, 0.1) is 6.61 Å². The van der Waals surface area contributed by atoms with Crippen LogP contribution in [0.15, 0.2) is 18.2 Å². The number of nitrogens with zero attached hydrogens (tertiary/aromatic N) is 1. The zero-order chi connectivity index (χ0) is 17.7. The lowest BCUT2D eigenvalue weighted by molar-refractivity contribution is 0.0501. The average molecular weight is 387 g/mol. The fraction of sp³-hybridized carbons (Fsp3) is 0.611. The summed E-state index contributed by atoms with van der Waals surface area (Å²) >= 11 is 12.5. The molecule has 0 bridgehead atoms. The van der Waals surface area contributed by atoms with Gasteiger partial charge in [0, 0.05) is 54.9 Å². The summed E-state index contributed by atoms with van der Waals surface area (Å²) < 4.78 is 11.0. The third-order valence-electron chi connectivity index (χ3n) is 5.04. The molecule has 1 N–H and O–H groups in total. The van der Waals surface area contributed by atoms with Crippen molar-refractivity contribution in [1.29, 1.82) is 0 Å². The van der Waals surface area contributed by atoms with Gasteiger partial charge in [-0.05, 0) is 37.0 Å². The zero-order valence-electron chi connectivity index (χ0n) is 14.2. The number of nitrogens with one attached hydrogen (secondary N) is 1. The Morgan fingerprint density at radius 2 is 1.88 bits per heavy atom. The quantitative estimate of drug-likeness (QED) is 0.864. The average Bonchev–Trinajstić information content (AvgIpc) is 2.90. The lowest BCUT2D eigenvalue weighted by atomic mass is 9.74. The molecule has 2 heterocycles. The molecule has 0 atom stereocenters. The van der Waals surface area contributed by atoms with Crippen LogP contribution in [0.5, 0.6) is 0 Å². The number of benzene rings is 1. The first-order valence-corrected chi connectivity index (χ1v) is 9.50. The van der Waals surface area contributed by atoms with Crippen molar-refractivity contribution in [2.24, 2.45) is 0 Å². The predicted molar refractivity (Wildman–Crippen MR) is 98.6 cm³/mol. The van der Waals surface area contributed by atoms with Crippen molar-refractivity contribution < 1.29 is 14.3 Å². The van der Waals surface area contributed by atoms with Crippen molar-refractivity contribution in [2.75, 3.05) is 46.1 Å². The Morgan fingerprint density at radius 1 is 1.12 bits per heavy atom. The van der Waals surface area contributed by atoms with Gasteiger partial charge in [0.25, 0.3) is 0 Å². The summed E-state index contributed by atoms with van der Waals surface area (Å²) in [6.07, 6.45) is 2.50. The summed E-state index contributed by atoms with van der Waals surface area (Å²) in [6.45, 7) is 4.51. The Hall–Kier alpha value is -1.01. The van der Waals surface area contributed by atoms with Gasteiger partial charge < -0.3 is 19.7 Å². The van der Waals surface area contributed by atoms with Gasteiger partial charge in [0.2, 0.25) is 0 Å². The van der Waals surface area contributed by atoms with Crippen molar-refractivity contribution in [1.82, 2.24) is 10.2 Å².